The van der Waals surface area contributed by atoms with Crippen LogP contribution in [-0.2, 0) is 12.8 Å². The molecule has 2 aliphatic heterocycles. The molecule has 5 heterocycles. The monoisotopic (exact) mass is 585 g/mol. The molecule has 12 nitrogen and oxygen atoms in total. The van der Waals surface area contributed by atoms with Gasteiger partial charge >= 0.3 is 6.03 Å². The van der Waals surface area contributed by atoms with Crippen LogP contribution in [0.15, 0.2) is 53.4 Å². The van der Waals surface area contributed by atoms with Gasteiger partial charge in [0, 0.05) is 48.7 Å². The average molecular weight is 586 g/mol. The number of amides is 3. The third-order valence-electron chi connectivity index (χ3n) is 7.63. The maximum Gasteiger partial charge on any atom is 0.319 e. The molecule has 0 radical (unpaired) electrons. The number of carbonyl (C=O) groups excluding carboxylic acids is 2. The van der Waals surface area contributed by atoms with Crippen molar-refractivity contribution in [2.45, 2.75) is 44.1 Å². The number of aryl methyl sites for hydroxylation is 2. The van der Waals surface area contributed by atoms with Gasteiger partial charge in [-0.05, 0) is 67.5 Å². The summed E-state index contributed by atoms with van der Waals surface area (Å²) in [5.41, 5.74) is 4.50. The zero-order valence-electron chi connectivity index (χ0n) is 22.6. The third-order valence-corrected chi connectivity index (χ3v) is 7.91. The first-order valence-corrected chi connectivity index (χ1v) is 14.3. The van der Waals surface area contributed by atoms with Gasteiger partial charge in [-0.3, -0.25) is 9.78 Å². The standard InChI is InChI=1S/C29H28ClN9O3/c30-22-14-32-28-34-21-9-16(12-31-13-21)1-2-18-10-19(33-26(22)37-28)5-6-23(18)36-29(41)35-20-7-8-39(15-20)27(40)24-11-25(42-38-24)17-3-4-17/h5-6,9-14,17,20H,1-4,7-8,15H2,(H2,35,36,41)(H2,32,33,34,37)/t20-/m0/s1. The molecule has 1 aromatic carbocycles. The Morgan fingerprint density at radius 3 is 2.81 bits per heavy atom. The van der Waals surface area contributed by atoms with Gasteiger partial charge in [-0.25, -0.2) is 9.78 Å². The van der Waals surface area contributed by atoms with Crippen molar-refractivity contribution in [3.05, 3.63) is 76.5 Å². The van der Waals surface area contributed by atoms with E-state index in [9.17, 15) is 9.59 Å². The first kappa shape index (κ1) is 26.2. The zero-order chi connectivity index (χ0) is 28.6. The van der Waals surface area contributed by atoms with Crippen molar-refractivity contribution >= 4 is 52.4 Å². The highest BCUT2D eigenvalue weighted by Gasteiger charge is 2.32. The van der Waals surface area contributed by atoms with Crippen molar-refractivity contribution in [1.82, 2.24) is 30.3 Å². The first-order valence-electron chi connectivity index (χ1n) is 13.9. The molecule has 1 atom stereocenters. The van der Waals surface area contributed by atoms with Crippen LogP contribution in [0.4, 0.5) is 33.6 Å². The number of urea groups is 1. The lowest BCUT2D eigenvalue weighted by Crippen LogP contribution is -2.40. The van der Waals surface area contributed by atoms with Gasteiger partial charge < -0.3 is 30.7 Å². The van der Waals surface area contributed by atoms with E-state index in [1.54, 1.807) is 17.2 Å². The molecule has 6 bridgehead atoms. The Balaban J connectivity index is 1.04. The molecule has 42 heavy (non-hydrogen) atoms. The number of benzene rings is 1. The molecule has 214 valence electrons. The number of hydrogen-bond acceptors (Lipinski definition) is 9. The van der Waals surface area contributed by atoms with Crippen LogP contribution in [0.5, 0.6) is 0 Å². The summed E-state index contributed by atoms with van der Waals surface area (Å²) >= 11 is 6.37. The number of nitrogens with zero attached hydrogens (tertiary/aromatic N) is 5. The molecule has 0 unspecified atom stereocenters. The molecule has 7 rings (SSSR count). The highest BCUT2D eigenvalue weighted by atomic mass is 35.5. The summed E-state index contributed by atoms with van der Waals surface area (Å²) in [5, 5.41) is 16.8. The van der Waals surface area contributed by atoms with Crippen LogP contribution >= 0.6 is 11.6 Å². The number of rotatable bonds is 4. The van der Waals surface area contributed by atoms with Crippen LogP contribution in [0.1, 0.15) is 52.6 Å². The molecule has 1 saturated heterocycles. The fraction of sp³-hybridized carbons (Fsp3) is 0.310. The van der Waals surface area contributed by atoms with Gasteiger partial charge in [-0.2, -0.15) is 4.98 Å². The van der Waals surface area contributed by atoms with Crippen LogP contribution in [0, 0.1) is 0 Å². The molecule has 4 aromatic rings. The fourth-order valence-corrected chi connectivity index (χ4v) is 5.41. The number of pyridine rings is 1. The molecule has 3 aliphatic rings. The predicted molar refractivity (Wildman–Crippen MR) is 157 cm³/mol. The summed E-state index contributed by atoms with van der Waals surface area (Å²) in [6, 6.07) is 8.92. The Morgan fingerprint density at radius 2 is 1.93 bits per heavy atom. The van der Waals surface area contributed by atoms with Crippen molar-refractivity contribution in [1.29, 1.82) is 0 Å². The average Bonchev–Trinajstić information content (AvgIpc) is 3.52. The van der Waals surface area contributed by atoms with Gasteiger partial charge in [-0.15, -0.1) is 0 Å². The Labute approximate surface area is 246 Å². The Hall–Kier alpha value is -4.71. The minimum Gasteiger partial charge on any atom is -0.360 e. The summed E-state index contributed by atoms with van der Waals surface area (Å²) in [7, 11) is 0. The van der Waals surface area contributed by atoms with Crippen LogP contribution in [0.2, 0.25) is 5.02 Å². The maximum atomic E-state index is 13.1. The van der Waals surface area contributed by atoms with E-state index in [1.807, 2.05) is 30.5 Å². The zero-order valence-corrected chi connectivity index (χ0v) is 23.3. The second-order valence-electron chi connectivity index (χ2n) is 10.8. The molecule has 1 aliphatic carbocycles. The van der Waals surface area contributed by atoms with E-state index in [4.69, 9.17) is 16.1 Å². The number of hydrogen-bond donors (Lipinski definition) is 4. The highest BCUT2D eigenvalue weighted by molar-refractivity contribution is 6.32. The SMILES string of the molecule is O=C(Nc1ccc2cc1CCc1cncc(c1)Nc1ncc(Cl)c(n1)N2)N[C@H]1CCN(C(=O)c2cc(C3CC3)on2)C1. The van der Waals surface area contributed by atoms with E-state index in [1.165, 1.54) is 6.20 Å². The lowest BCUT2D eigenvalue weighted by atomic mass is 10.0. The number of nitrogens with one attached hydrogen (secondary N) is 4. The van der Waals surface area contributed by atoms with Crippen LogP contribution in [-0.4, -0.2) is 56.1 Å². The topological polar surface area (TPSA) is 150 Å². The number of likely N-dealkylation sites (tertiary alicyclic amines) is 1. The summed E-state index contributed by atoms with van der Waals surface area (Å²) in [6.45, 7) is 0.947. The van der Waals surface area contributed by atoms with Crippen LogP contribution < -0.4 is 21.3 Å². The number of halogens is 1. The third kappa shape index (κ3) is 5.70. The largest absolute Gasteiger partial charge is 0.360 e. The van der Waals surface area contributed by atoms with Gasteiger partial charge in [0.25, 0.3) is 5.91 Å². The number of fused-ring (bicyclic) bond motifs is 6. The smallest absolute Gasteiger partial charge is 0.319 e. The van der Waals surface area contributed by atoms with Gasteiger partial charge in [0.15, 0.2) is 11.5 Å². The number of aromatic nitrogens is 4. The van der Waals surface area contributed by atoms with E-state index in [0.717, 1.165) is 41.1 Å². The predicted octanol–water partition coefficient (Wildman–Crippen LogP) is 5.01. The van der Waals surface area contributed by atoms with Gasteiger partial charge in [0.05, 0.1) is 18.1 Å². The normalized spacial score (nSPS) is 17.6. The summed E-state index contributed by atoms with van der Waals surface area (Å²) < 4.78 is 5.34. The number of anilines is 5. The van der Waals surface area contributed by atoms with Crippen molar-refractivity contribution in [2.24, 2.45) is 0 Å². The lowest BCUT2D eigenvalue weighted by Gasteiger charge is -2.18. The van der Waals surface area contributed by atoms with Gasteiger partial charge in [0.2, 0.25) is 5.95 Å². The van der Waals surface area contributed by atoms with E-state index in [-0.39, 0.29) is 18.0 Å². The molecular weight excluding hydrogens is 558 g/mol. The number of carbonyl (C=O) groups is 2. The quantitative estimate of drug-likeness (QED) is 0.259. The second kappa shape index (κ2) is 10.9. The van der Waals surface area contributed by atoms with Crippen molar-refractivity contribution in [3.8, 4) is 0 Å². The summed E-state index contributed by atoms with van der Waals surface area (Å²) in [5.74, 6) is 1.85. The molecule has 0 spiro atoms. The molecule has 1 saturated carbocycles. The molecule has 4 N–H and O–H groups in total. The summed E-state index contributed by atoms with van der Waals surface area (Å²) in [6.07, 6.45) is 9.22. The molecule has 2 fully saturated rings. The van der Waals surface area contributed by atoms with Crippen molar-refractivity contribution in [2.75, 3.05) is 29.0 Å². The van der Waals surface area contributed by atoms with Crippen LogP contribution in [0.25, 0.3) is 0 Å². The fourth-order valence-electron chi connectivity index (χ4n) is 5.27. The van der Waals surface area contributed by atoms with Crippen LogP contribution in [0.3, 0.4) is 0 Å². The Kier molecular flexibility index (Phi) is 6.82. The van der Waals surface area contributed by atoms with Crippen molar-refractivity contribution in [3.63, 3.8) is 0 Å². The summed E-state index contributed by atoms with van der Waals surface area (Å²) in [4.78, 5) is 40.8. The Morgan fingerprint density at radius 1 is 1.02 bits per heavy atom. The minimum absolute atomic E-state index is 0.172. The van der Waals surface area contributed by atoms with E-state index >= 15 is 0 Å². The van der Waals surface area contributed by atoms with E-state index in [0.29, 0.717) is 66.4 Å². The molecular formula is C29H28ClN9O3. The second-order valence-corrected chi connectivity index (χ2v) is 11.2. The van der Waals surface area contributed by atoms with Gasteiger partial charge in [-0.1, -0.05) is 16.8 Å². The maximum absolute atomic E-state index is 13.1. The van der Waals surface area contributed by atoms with E-state index < -0.39 is 0 Å². The molecule has 3 aromatic heterocycles. The first-order chi connectivity index (χ1) is 20.5. The van der Waals surface area contributed by atoms with Gasteiger partial charge in [0.1, 0.15) is 10.8 Å². The highest BCUT2D eigenvalue weighted by Crippen LogP contribution is 2.40. The molecule has 3 amide bonds. The van der Waals surface area contributed by atoms with Crippen molar-refractivity contribution < 1.29 is 14.1 Å². The lowest BCUT2D eigenvalue weighted by molar-refractivity contribution is 0.0779. The molecule has 13 heteroatoms. The van der Waals surface area contributed by atoms with E-state index in [2.05, 4.69) is 41.4 Å². The minimum atomic E-state index is -0.331. The Bertz CT molecular complexity index is 1670.